The SMILES string of the molecule is COc1cc2c(cc1OC)CN(C1CCCN(Cc3ccc(Cl)s3)C1)CC2. The Hall–Kier alpha value is -1.27. The molecule has 0 radical (unpaired) electrons. The van der Waals surface area contributed by atoms with E-state index in [1.165, 1.54) is 35.4 Å². The minimum Gasteiger partial charge on any atom is -0.493 e. The molecular formula is C21H27ClN2O2S. The Bertz CT molecular complexity index is 794. The van der Waals surface area contributed by atoms with E-state index in [1.807, 2.05) is 6.07 Å². The summed E-state index contributed by atoms with van der Waals surface area (Å²) >= 11 is 7.80. The van der Waals surface area contributed by atoms with Crippen LogP contribution in [0.15, 0.2) is 24.3 Å². The van der Waals surface area contributed by atoms with Gasteiger partial charge in [0.1, 0.15) is 0 Å². The average molecular weight is 407 g/mol. The van der Waals surface area contributed by atoms with Crippen molar-refractivity contribution in [2.45, 2.75) is 38.4 Å². The van der Waals surface area contributed by atoms with Gasteiger partial charge in [-0.05, 0) is 61.2 Å². The Labute approximate surface area is 170 Å². The largest absolute Gasteiger partial charge is 0.493 e. The molecule has 4 nitrogen and oxygen atoms in total. The molecule has 2 aliphatic rings. The molecule has 0 bridgehead atoms. The third-order valence-corrected chi connectivity index (χ3v) is 6.97. The first kappa shape index (κ1) is 19.1. The van der Waals surface area contributed by atoms with Gasteiger partial charge in [0.15, 0.2) is 11.5 Å². The second kappa shape index (κ2) is 8.39. The van der Waals surface area contributed by atoms with Crippen molar-refractivity contribution in [1.82, 2.24) is 9.80 Å². The zero-order valence-corrected chi connectivity index (χ0v) is 17.6. The highest BCUT2D eigenvalue weighted by molar-refractivity contribution is 7.16. The fourth-order valence-corrected chi connectivity index (χ4v) is 5.48. The molecule has 6 heteroatoms. The van der Waals surface area contributed by atoms with Crippen molar-refractivity contribution >= 4 is 22.9 Å². The molecule has 1 atom stereocenters. The van der Waals surface area contributed by atoms with Crippen molar-refractivity contribution < 1.29 is 9.47 Å². The Morgan fingerprint density at radius 3 is 2.59 bits per heavy atom. The Kier molecular flexibility index (Phi) is 5.93. The molecule has 1 aromatic carbocycles. The standard InChI is InChI=1S/C21H27ClN2O2S/c1-25-19-10-15-7-9-24(12-16(15)11-20(19)26-2)17-4-3-8-23(13-17)14-18-5-6-21(22)27-18/h5-6,10-11,17H,3-4,7-9,12-14H2,1-2H3. The summed E-state index contributed by atoms with van der Waals surface area (Å²) in [4.78, 5) is 6.60. The predicted octanol–water partition coefficient (Wildman–Crippen LogP) is 4.44. The summed E-state index contributed by atoms with van der Waals surface area (Å²) in [7, 11) is 3.41. The molecule has 1 saturated heterocycles. The van der Waals surface area contributed by atoms with Gasteiger partial charge in [-0.3, -0.25) is 9.80 Å². The van der Waals surface area contributed by atoms with Gasteiger partial charge in [0.05, 0.1) is 18.6 Å². The molecular weight excluding hydrogens is 380 g/mol. The number of nitrogens with zero attached hydrogens (tertiary/aromatic N) is 2. The molecule has 27 heavy (non-hydrogen) atoms. The smallest absolute Gasteiger partial charge is 0.161 e. The van der Waals surface area contributed by atoms with Crippen LogP contribution in [0.3, 0.4) is 0 Å². The van der Waals surface area contributed by atoms with Gasteiger partial charge in [0.25, 0.3) is 0 Å². The topological polar surface area (TPSA) is 24.9 Å². The first-order valence-corrected chi connectivity index (χ1v) is 10.8. The molecule has 4 rings (SSSR count). The normalized spacial score (nSPS) is 21.1. The number of rotatable bonds is 5. The third kappa shape index (κ3) is 4.27. The third-order valence-electron chi connectivity index (χ3n) is 5.75. The number of benzene rings is 1. The van der Waals surface area contributed by atoms with E-state index in [1.54, 1.807) is 25.6 Å². The summed E-state index contributed by atoms with van der Waals surface area (Å²) in [6, 6.07) is 9.10. The summed E-state index contributed by atoms with van der Waals surface area (Å²) in [5, 5.41) is 0. The fraction of sp³-hybridized carbons (Fsp3) is 0.524. The number of halogens is 1. The summed E-state index contributed by atoms with van der Waals surface area (Å²) in [6.07, 6.45) is 3.62. The lowest BCUT2D eigenvalue weighted by atomic mass is 9.95. The van der Waals surface area contributed by atoms with Crippen molar-refractivity contribution in [3.05, 3.63) is 44.6 Å². The lowest BCUT2D eigenvalue weighted by Gasteiger charge is -2.41. The van der Waals surface area contributed by atoms with Crippen LogP contribution < -0.4 is 9.47 Å². The highest BCUT2D eigenvalue weighted by atomic mass is 35.5. The minimum atomic E-state index is 0.621. The maximum Gasteiger partial charge on any atom is 0.161 e. The lowest BCUT2D eigenvalue weighted by Crippen LogP contribution is -2.49. The van der Waals surface area contributed by atoms with Crippen molar-refractivity contribution in [3.8, 4) is 11.5 Å². The minimum absolute atomic E-state index is 0.621. The molecule has 2 aromatic rings. The van der Waals surface area contributed by atoms with E-state index in [9.17, 15) is 0 Å². The lowest BCUT2D eigenvalue weighted by molar-refractivity contribution is 0.0842. The van der Waals surface area contributed by atoms with Gasteiger partial charge in [-0.1, -0.05) is 11.6 Å². The van der Waals surface area contributed by atoms with Gasteiger partial charge in [0.2, 0.25) is 0 Å². The van der Waals surface area contributed by atoms with E-state index < -0.39 is 0 Å². The van der Waals surface area contributed by atoms with Gasteiger partial charge >= 0.3 is 0 Å². The van der Waals surface area contributed by atoms with Gasteiger partial charge in [-0.2, -0.15) is 0 Å². The molecule has 1 aromatic heterocycles. The Morgan fingerprint density at radius 1 is 1.11 bits per heavy atom. The number of hydrogen-bond acceptors (Lipinski definition) is 5. The van der Waals surface area contributed by atoms with Crippen LogP contribution >= 0.6 is 22.9 Å². The molecule has 1 fully saturated rings. The number of likely N-dealkylation sites (tertiary alicyclic amines) is 1. The fourth-order valence-electron chi connectivity index (χ4n) is 4.35. The van der Waals surface area contributed by atoms with Crippen molar-refractivity contribution in [1.29, 1.82) is 0 Å². The Balaban J connectivity index is 1.43. The number of hydrogen-bond donors (Lipinski definition) is 0. The van der Waals surface area contributed by atoms with E-state index in [2.05, 4.69) is 28.0 Å². The molecule has 0 saturated carbocycles. The molecule has 0 amide bonds. The van der Waals surface area contributed by atoms with Gasteiger partial charge < -0.3 is 9.47 Å². The van der Waals surface area contributed by atoms with E-state index in [4.69, 9.17) is 21.1 Å². The molecule has 2 aliphatic heterocycles. The van der Waals surface area contributed by atoms with Gasteiger partial charge in [0, 0.05) is 37.1 Å². The quantitative estimate of drug-likeness (QED) is 0.732. The number of piperidine rings is 1. The molecule has 0 aliphatic carbocycles. The first-order chi connectivity index (χ1) is 13.2. The van der Waals surface area contributed by atoms with E-state index in [-0.39, 0.29) is 0 Å². The zero-order chi connectivity index (χ0) is 18.8. The van der Waals surface area contributed by atoms with E-state index >= 15 is 0 Å². The second-order valence-corrected chi connectivity index (χ2v) is 9.23. The van der Waals surface area contributed by atoms with Crippen LogP contribution in [0.5, 0.6) is 11.5 Å². The summed E-state index contributed by atoms with van der Waals surface area (Å²) in [5.74, 6) is 1.67. The molecule has 3 heterocycles. The van der Waals surface area contributed by atoms with Crippen LogP contribution in [0.4, 0.5) is 0 Å². The molecule has 146 valence electrons. The number of methoxy groups -OCH3 is 2. The summed E-state index contributed by atoms with van der Waals surface area (Å²) in [6.45, 7) is 5.45. The van der Waals surface area contributed by atoms with Gasteiger partial charge in [-0.15, -0.1) is 11.3 Å². The maximum atomic E-state index is 6.10. The van der Waals surface area contributed by atoms with Crippen LogP contribution in [0.1, 0.15) is 28.8 Å². The summed E-state index contributed by atoms with van der Waals surface area (Å²) in [5.41, 5.74) is 2.77. The average Bonchev–Trinajstić information content (AvgIpc) is 3.11. The number of fused-ring (bicyclic) bond motifs is 1. The van der Waals surface area contributed by atoms with E-state index in [0.29, 0.717) is 6.04 Å². The number of thiophene rings is 1. The van der Waals surface area contributed by atoms with Crippen LogP contribution in [-0.2, 0) is 19.5 Å². The number of ether oxygens (including phenoxy) is 2. The first-order valence-electron chi connectivity index (χ1n) is 9.60. The van der Waals surface area contributed by atoms with E-state index in [0.717, 1.165) is 48.4 Å². The van der Waals surface area contributed by atoms with Crippen molar-refractivity contribution in [2.24, 2.45) is 0 Å². The monoisotopic (exact) mass is 406 g/mol. The highest BCUT2D eigenvalue weighted by Crippen LogP contribution is 2.34. The van der Waals surface area contributed by atoms with Crippen LogP contribution in [-0.4, -0.2) is 49.7 Å². The highest BCUT2D eigenvalue weighted by Gasteiger charge is 2.29. The van der Waals surface area contributed by atoms with Crippen LogP contribution in [0.2, 0.25) is 4.34 Å². The van der Waals surface area contributed by atoms with Gasteiger partial charge in [-0.25, -0.2) is 0 Å². The Morgan fingerprint density at radius 2 is 1.89 bits per heavy atom. The molecule has 0 spiro atoms. The maximum absolute atomic E-state index is 6.10. The molecule has 1 unspecified atom stereocenters. The molecule has 0 N–H and O–H groups in total. The second-order valence-electron chi connectivity index (χ2n) is 7.43. The van der Waals surface area contributed by atoms with Crippen LogP contribution in [0.25, 0.3) is 0 Å². The zero-order valence-electron chi connectivity index (χ0n) is 16.0. The van der Waals surface area contributed by atoms with Crippen molar-refractivity contribution in [3.63, 3.8) is 0 Å². The van der Waals surface area contributed by atoms with Crippen molar-refractivity contribution in [2.75, 3.05) is 33.9 Å². The summed E-state index contributed by atoms with van der Waals surface area (Å²) < 4.78 is 11.9. The van der Waals surface area contributed by atoms with Crippen LogP contribution in [0, 0.1) is 0 Å². The predicted molar refractivity (Wildman–Crippen MR) is 111 cm³/mol.